The number of aryl methyl sites for hydroxylation is 1. The quantitative estimate of drug-likeness (QED) is 0.201. The van der Waals surface area contributed by atoms with Crippen molar-refractivity contribution in [3.05, 3.63) is 60.2 Å². The van der Waals surface area contributed by atoms with Crippen molar-refractivity contribution in [1.82, 2.24) is 0 Å². The summed E-state index contributed by atoms with van der Waals surface area (Å²) in [5.74, 6) is 0. The van der Waals surface area contributed by atoms with Gasteiger partial charge in [0.05, 0.1) is 0 Å². The van der Waals surface area contributed by atoms with Gasteiger partial charge in [-0.1, -0.05) is 126 Å². The smallest absolute Gasteiger partial charge is 0.0181 e. The molecule has 0 heterocycles. The van der Waals surface area contributed by atoms with Crippen molar-refractivity contribution < 1.29 is 0 Å². The molecule has 2 aromatic carbocycles. The number of rotatable bonds is 16. The van der Waals surface area contributed by atoms with E-state index in [9.17, 15) is 0 Å². The summed E-state index contributed by atoms with van der Waals surface area (Å²) < 4.78 is 0. The Hall–Kier alpha value is -1.56. The first-order valence-electron chi connectivity index (χ1n) is 12.0. The Bertz CT molecular complexity index is 652. The third-order valence-corrected chi connectivity index (χ3v) is 5.80. The average molecular weight is 379 g/mol. The molecule has 0 atom stereocenters. The maximum Gasteiger partial charge on any atom is -0.0181 e. The van der Waals surface area contributed by atoms with Crippen molar-refractivity contribution in [1.29, 1.82) is 0 Å². The predicted octanol–water partition coefficient (Wildman–Crippen LogP) is 9.42. The summed E-state index contributed by atoms with van der Waals surface area (Å²) in [4.78, 5) is 0. The molecule has 154 valence electrons. The van der Waals surface area contributed by atoms with Gasteiger partial charge < -0.3 is 0 Å². The first-order valence-corrected chi connectivity index (χ1v) is 12.0. The van der Waals surface area contributed by atoms with Crippen LogP contribution in [0, 0.1) is 0 Å². The van der Waals surface area contributed by atoms with Crippen LogP contribution in [-0.4, -0.2) is 0 Å². The molecule has 0 heteroatoms. The lowest BCUT2D eigenvalue weighted by molar-refractivity contribution is 0.541. The Labute approximate surface area is 174 Å². The number of allylic oxidation sites excluding steroid dienone is 2. The van der Waals surface area contributed by atoms with E-state index in [1.54, 1.807) is 0 Å². The van der Waals surface area contributed by atoms with Gasteiger partial charge in [-0.3, -0.25) is 0 Å². The summed E-state index contributed by atoms with van der Waals surface area (Å²) in [5.41, 5.74) is 1.50. The van der Waals surface area contributed by atoms with Gasteiger partial charge in [0.1, 0.15) is 0 Å². The zero-order chi connectivity index (χ0) is 19.7. The zero-order valence-corrected chi connectivity index (χ0v) is 18.3. The molecule has 0 unspecified atom stereocenters. The zero-order valence-electron chi connectivity index (χ0n) is 18.3. The lowest BCUT2D eigenvalue weighted by Gasteiger charge is -2.05. The molecule has 2 rings (SSSR count). The van der Waals surface area contributed by atoms with Crippen LogP contribution in [0.2, 0.25) is 0 Å². The van der Waals surface area contributed by atoms with Gasteiger partial charge in [0.15, 0.2) is 0 Å². The third-order valence-electron chi connectivity index (χ3n) is 5.80. The molecule has 0 radical (unpaired) electrons. The molecule has 0 aromatic heterocycles. The molecular formula is C28H42. The minimum Gasteiger partial charge on any atom is -0.0888 e. The van der Waals surface area contributed by atoms with Crippen LogP contribution in [0.5, 0.6) is 0 Å². The van der Waals surface area contributed by atoms with Gasteiger partial charge in [-0.25, -0.2) is 0 Å². The highest BCUT2D eigenvalue weighted by Crippen LogP contribution is 2.18. The summed E-state index contributed by atoms with van der Waals surface area (Å²) in [7, 11) is 0. The predicted molar refractivity (Wildman–Crippen MR) is 127 cm³/mol. The molecule has 0 fully saturated rings. The van der Waals surface area contributed by atoms with E-state index in [1.165, 1.54) is 113 Å². The lowest BCUT2D eigenvalue weighted by Crippen LogP contribution is -1.87. The molecule has 0 N–H and O–H groups in total. The van der Waals surface area contributed by atoms with Crippen LogP contribution in [0.25, 0.3) is 10.8 Å². The number of fused-ring (bicyclic) bond motifs is 1. The second-order valence-corrected chi connectivity index (χ2v) is 8.34. The molecule has 2 aromatic rings. The van der Waals surface area contributed by atoms with E-state index in [4.69, 9.17) is 0 Å². The number of unbranched alkanes of at least 4 members (excludes halogenated alkanes) is 12. The van der Waals surface area contributed by atoms with Gasteiger partial charge >= 0.3 is 0 Å². The third kappa shape index (κ3) is 10.1. The van der Waals surface area contributed by atoms with Crippen LogP contribution in [0.4, 0.5) is 0 Å². The van der Waals surface area contributed by atoms with Crippen LogP contribution in [0.3, 0.4) is 0 Å². The molecule has 0 nitrogen and oxygen atoms in total. The van der Waals surface area contributed by atoms with Gasteiger partial charge in [-0.15, -0.1) is 0 Å². The van der Waals surface area contributed by atoms with Gasteiger partial charge in [0.25, 0.3) is 0 Å². The van der Waals surface area contributed by atoms with Crippen LogP contribution >= 0.6 is 0 Å². The van der Waals surface area contributed by atoms with E-state index < -0.39 is 0 Å². The molecule has 0 spiro atoms. The Morgan fingerprint density at radius 1 is 0.571 bits per heavy atom. The monoisotopic (exact) mass is 378 g/mol. The highest BCUT2D eigenvalue weighted by Gasteiger charge is 1.98. The van der Waals surface area contributed by atoms with Crippen LogP contribution < -0.4 is 0 Å². The first-order chi connectivity index (χ1) is 13.9. The minimum atomic E-state index is 1.18. The van der Waals surface area contributed by atoms with Crippen LogP contribution in [-0.2, 0) is 6.42 Å². The maximum absolute atomic E-state index is 2.37. The second kappa shape index (κ2) is 15.4. The summed E-state index contributed by atoms with van der Waals surface area (Å²) in [6.45, 7) is 2.21. The van der Waals surface area contributed by atoms with Gasteiger partial charge in [-0.2, -0.15) is 0 Å². The normalized spacial score (nSPS) is 11.6. The Kier molecular flexibility index (Phi) is 12.5. The van der Waals surface area contributed by atoms with E-state index in [1.807, 2.05) is 0 Å². The number of benzene rings is 2. The van der Waals surface area contributed by atoms with Gasteiger partial charge in [-0.05, 0) is 48.4 Å². The van der Waals surface area contributed by atoms with Gasteiger partial charge in [0.2, 0.25) is 0 Å². The highest BCUT2D eigenvalue weighted by atomic mass is 14.0. The Morgan fingerprint density at radius 2 is 1.14 bits per heavy atom. The SMILES string of the molecule is CC/C=C/CCCCCCCCCCCCCCc1ccc2ccccc2c1. The lowest BCUT2D eigenvalue weighted by atomic mass is 10.0. The highest BCUT2D eigenvalue weighted by molar-refractivity contribution is 5.82. The molecule has 0 amide bonds. The van der Waals surface area contributed by atoms with Gasteiger partial charge in [0, 0.05) is 0 Å². The number of hydrogen-bond donors (Lipinski definition) is 0. The van der Waals surface area contributed by atoms with Crippen LogP contribution in [0.1, 0.15) is 102 Å². The van der Waals surface area contributed by atoms with E-state index in [0.717, 1.165) is 0 Å². The molecular weight excluding hydrogens is 336 g/mol. The topological polar surface area (TPSA) is 0 Å². The first kappa shape index (κ1) is 22.7. The fraction of sp³-hybridized carbons (Fsp3) is 0.571. The van der Waals surface area contributed by atoms with E-state index >= 15 is 0 Å². The molecule has 0 aliphatic carbocycles. The number of hydrogen-bond acceptors (Lipinski definition) is 0. The molecule has 0 bridgehead atoms. The molecule has 0 saturated carbocycles. The fourth-order valence-electron chi connectivity index (χ4n) is 4.04. The summed E-state index contributed by atoms with van der Waals surface area (Å²) >= 11 is 0. The van der Waals surface area contributed by atoms with E-state index in [0.29, 0.717) is 0 Å². The van der Waals surface area contributed by atoms with Crippen LogP contribution in [0.15, 0.2) is 54.6 Å². The minimum absolute atomic E-state index is 1.18. The molecule has 0 aliphatic rings. The molecule has 0 aliphatic heterocycles. The summed E-state index contributed by atoms with van der Waals surface area (Å²) in [6.07, 6.45) is 25.4. The van der Waals surface area contributed by atoms with Crippen molar-refractivity contribution in [2.24, 2.45) is 0 Å². The Morgan fingerprint density at radius 3 is 1.79 bits per heavy atom. The Balaban J connectivity index is 1.36. The maximum atomic E-state index is 2.37. The van der Waals surface area contributed by atoms with Crippen molar-refractivity contribution in [3.63, 3.8) is 0 Å². The largest absolute Gasteiger partial charge is 0.0888 e. The second-order valence-electron chi connectivity index (χ2n) is 8.34. The summed E-state index contributed by atoms with van der Waals surface area (Å²) in [5, 5.41) is 2.74. The molecule has 28 heavy (non-hydrogen) atoms. The van der Waals surface area contributed by atoms with E-state index in [-0.39, 0.29) is 0 Å². The van der Waals surface area contributed by atoms with Crippen molar-refractivity contribution >= 4 is 10.8 Å². The van der Waals surface area contributed by atoms with Crippen molar-refractivity contribution in [3.8, 4) is 0 Å². The standard InChI is InChI=1S/C28H42/c1-2-3-4-5-6-7-8-9-10-11-12-13-14-15-16-17-20-26-23-24-27-21-18-19-22-28(27)25-26/h3-4,18-19,21-25H,2,5-17,20H2,1H3/b4-3+. The van der Waals surface area contributed by atoms with Crippen molar-refractivity contribution in [2.45, 2.75) is 103 Å². The fourth-order valence-corrected chi connectivity index (χ4v) is 4.04. The average Bonchev–Trinajstić information content (AvgIpc) is 2.73. The van der Waals surface area contributed by atoms with Crippen molar-refractivity contribution in [2.75, 3.05) is 0 Å². The summed E-state index contributed by atoms with van der Waals surface area (Å²) in [6, 6.07) is 15.6. The van der Waals surface area contributed by atoms with E-state index in [2.05, 4.69) is 61.5 Å². The molecule has 0 saturated heterocycles.